The van der Waals surface area contributed by atoms with E-state index < -0.39 is 61.4 Å². The van der Waals surface area contributed by atoms with Crippen molar-refractivity contribution in [1.29, 1.82) is 0 Å². The van der Waals surface area contributed by atoms with Gasteiger partial charge in [-0.05, 0) is 36.8 Å². The Morgan fingerprint density at radius 3 is 2.58 bits per heavy atom. The van der Waals surface area contributed by atoms with E-state index in [1.807, 2.05) is 6.92 Å². The molecule has 0 radical (unpaired) electrons. The van der Waals surface area contributed by atoms with Gasteiger partial charge in [0.05, 0.1) is 6.37 Å². The van der Waals surface area contributed by atoms with E-state index in [-0.39, 0.29) is 21.7 Å². The number of rotatable bonds is 7. The third-order valence-electron chi connectivity index (χ3n) is 4.62. The quantitative estimate of drug-likeness (QED) is 0.443. The number of nitrogens with one attached hydrogen (secondary N) is 1. The number of aliphatic carboxylic acids is 1. The molecule has 0 aliphatic rings. The summed E-state index contributed by atoms with van der Waals surface area (Å²) in [6.07, 6.45) is -3.87. The topological polar surface area (TPSA) is 99.8 Å². The van der Waals surface area contributed by atoms with Crippen LogP contribution in [0.3, 0.4) is 0 Å². The first-order valence-corrected chi connectivity index (χ1v) is 9.61. The fraction of sp³-hybridized carbons (Fsp3) is 0.200. The zero-order valence-corrected chi connectivity index (χ0v) is 17.3. The van der Waals surface area contributed by atoms with Gasteiger partial charge in [-0.3, -0.25) is 14.0 Å². The predicted octanol–water partition coefficient (Wildman–Crippen LogP) is 3.57. The average Bonchev–Trinajstić information content (AvgIpc) is 3.39. The number of carboxylic acids is 1. The molecule has 0 bridgehead atoms. The molecule has 168 valence electrons. The lowest BCUT2D eigenvalue weighted by molar-refractivity contribution is -0.136. The Labute approximate surface area is 207 Å². The van der Waals surface area contributed by atoms with Gasteiger partial charge >= 0.3 is 5.97 Å². The van der Waals surface area contributed by atoms with Crippen LogP contribution in [0.1, 0.15) is 46.6 Å². The molecule has 8 nitrogen and oxygen atoms in total. The van der Waals surface area contributed by atoms with Gasteiger partial charge < -0.3 is 15.3 Å². The molecule has 2 aromatic heterocycles. The van der Waals surface area contributed by atoms with Crippen LogP contribution in [0.5, 0.6) is 0 Å². The molecule has 1 amide bonds. The summed E-state index contributed by atoms with van der Waals surface area (Å²) in [6.45, 7) is -5.16. The van der Waals surface area contributed by atoms with Crippen LogP contribution in [0.2, 0.25) is 1.41 Å². The number of carbonyl (C=O) groups excluding carboxylic acids is 1. The maximum absolute atomic E-state index is 12.8. The van der Waals surface area contributed by atoms with E-state index >= 15 is 0 Å². The zero-order chi connectivity index (χ0) is 33.0. The van der Waals surface area contributed by atoms with E-state index in [1.165, 1.54) is 24.3 Å². The molecular formula is C25H25N5O3. The zero-order valence-electron chi connectivity index (χ0n) is 28.3. The molecule has 0 fully saturated rings. The van der Waals surface area contributed by atoms with E-state index in [9.17, 15) is 14.7 Å². The fourth-order valence-electron chi connectivity index (χ4n) is 3.06. The Balaban J connectivity index is 1.89. The Bertz CT molecular complexity index is 1700. The summed E-state index contributed by atoms with van der Waals surface area (Å²) < 4.78 is 90.4. The van der Waals surface area contributed by atoms with Gasteiger partial charge in [-0.2, -0.15) is 0 Å². The van der Waals surface area contributed by atoms with Gasteiger partial charge in [0.25, 0.3) is 5.91 Å². The molecule has 0 saturated heterocycles. The SMILES string of the molecule is [2H]N(C(=O)c1ccc(C)cc1)c1ccc(C([2H])([2H])c2nc(N(C([2H])([2H])[2H])C([2H])([2H])[2H])c(C([2H])([2H])C(=O)O)c3nccn23)cc1. The molecule has 8 heteroatoms. The largest absolute Gasteiger partial charge is 0.481 e. The third kappa shape index (κ3) is 4.85. The normalized spacial score (nSPS) is 17.4. The minimum absolute atomic E-state index is 0.0810. The second kappa shape index (κ2) is 9.12. The molecule has 2 heterocycles. The summed E-state index contributed by atoms with van der Waals surface area (Å²) in [5.74, 6) is -4.54. The lowest BCUT2D eigenvalue weighted by Gasteiger charge is -2.18. The highest BCUT2D eigenvalue weighted by atomic mass is 16.4. The number of hydrogen-bond acceptors (Lipinski definition) is 5. The Morgan fingerprint density at radius 1 is 1.18 bits per heavy atom. The predicted molar refractivity (Wildman–Crippen MR) is 127 cm³/mol. The van der Waals surface area contributed by atoms with Crippen molar-refractivity contribution >= 4 is 29.0 Å². The number of benzene rings is 2. The van der Waals surface area contributed by atoms with Crippen molar-refractivity contribution in [3.8, 4) is 0 Å². The van der Waals surface area contributed by atoms with Gasteiger partial charge in [0.15, 0.2) is 1.41 Å². The summed E-state index contributed by atoms with van der Waals surface area (Å²) in [4.78, 5) is 32.4. The van der Waals surface area contributed by atoms with E-state index in [2.05, 4.69) is 9.97 Å². The summed E-state index contributed by atoms with van der Waals surface area (Å²) >= 11 is 0. The van der Waals surface area contributed by atoms with Gasteiger partial charge in [-0.15, -0.1) is 0 Å². The molecule has 0 unspecified atom stereocenters. The first kappa shape index (κ1) is 12.2. The fourth-order valence-corrected chi connectivity index (χ4v) is 3.06. The van der Waals surface area contributed by atoms with Crippen molar-refractivity contribution in [2.24, 2.45) is 0 Å². The number of aryl methyl sites for hydroxylation is 1. The van der Waals surface area contributed by atoms with Crippen molar-refractivity contribution < 1.29 is 29.8 Å². The number of carbonyl (C=O) groups is 2. The molecule has 0 aliphatic carbocycles. The molecular weight excluding hydrogens is 418 g/mol. The summed E-state index contributed by atoms with van der Waals surface area (Å²) in [6, 6.07) is 11.6. The van der Waals surface area contributed by atoms with Gasteiger partial charge in [-0.1, -0.05) is 29.8 Å². The summed E-state index contributed by atoms with van der Waals surface area (Å²) in [5.41, 5.74) is -0.458. The lowest BCUT2D eigenvalue weighted by atomic mass is 10.1. The molecule has 4 aromatic rings. The van der Waals surface area contributed by atoms with Gasteiger partial charge in [0.1, 0.15) is 17.3 Å². The van der Waals surface area contributed by atoms with Crippen LogP contribution >= 0.6 is 0 Å². The smallest absolute Gasteiger partial charge is 0.308 e. The number of fused-ring (bicyclic) bond motifs is 1. The van der Waals surface area contributed by atoms with Crippen LogP contribution < -0.4 is 10.2 Å². The highest BCUT2D eigenvalue weighted by Crippen LogP contribution is 2.24. The highest BCUT2D eigenvalue weighted by Gasteiger charge is 2.19. The van der Waals surface area contributed by atoms with Crippen molar-refractivity contribution in [2.75, 3.05) is 24.2 Å². The van der Waals surface area contributed by atoms with Gasteiger partial charge in [0, 0.05) is 63.2 Å². The Hall–Kier alpha value is -4.20. The van der Waals surface area contributed by atoms with Crippen molar-refractivity contribution in [3.63, 3.8) is 0 Å². The third-order valence-corrected chi connectivity index (χ3v) is 4.62. The molecule has 0 saturated carbocycles. The maximum atomic E-state index is 12.8. The minimum atomic E-state index is -3.50. The molecule has 0 spiro atoms. The Morgan fingerprint density at radius 2 is 1.91 bits per heavy atom. The second-order valence-electron chi connectivity index (χ2n) is 6.98. The van der Waals surface area contributed by atoms with Crippen molar-refractivity contribution in [1.82, 2.24) is 14.4 Å². The van der Waals surface area contributed by atoms with Gasteiger partial charge in [0.2, 0.25) is 0 Å². The average molecular weight is 455 g/mol. The molecule has 4 rings (SSSR count). The van der Waals surface area contributed by atoms with Crippen LogP contribution in [0, 0.1) is 6.92 Å². The maximum Gasteiger partial charge on any atom is 0.308 e. The number of carboxylic acid groups (broad SMARTS) is 1. The van der Waals surface area contributed by atoms with E-state index in [0.29, 0.717) is 5.31 Å². The van der Waals surface area contributed by atoms with E-state index in [0.717, 1.165) is 22.4 Å². The van der Waals surface area contributed by atoms with Crippen LogP contribution in [-0.4, -0.2) is 45.3 Å². The minimum Gasteiger partial charge on any atom is -0.481 e. The van der Waals surface area contributed by atoms with Crippen LogP contribution in [0.15, 0.2) is 60.9 Å². The van der Waals surface area contributed by atoms with Crippen molar-refractivity contribution in [3.05, 3.63) is 89.0 Å². The van der Waals surface area contributed by atoms with Gasteiger partial charge in [-0.25, -0.2) is 9.97 Å². The van der Waals surface area contributed by atoms with Crippen LogP contribution in [0.4, 0.5) is 11.5 Å². The number of imidazole rings is 1. The molecule has 0 atom stereocenters. The Kier molecular flexibility index (Phi) is 3.36. The van der Waals surface area contributed by atoms with Crippen LogP contribution in [-0.2, 0) is 17.5 Å². The monoisotopic (exact) mass is 454 g/mol. The van der Waals surface area contributed by atoms with E-state index in [4.69, 9.17) is 15.1 Å². The number of amides is 1. The number of anilines is 2. The van der Waals surface area contributed by atoms with E-state index in [1.54, 1.807) is 24.3 Å². The number of nitrogens with zero attached hydrogens (tertiary/aromatic N) is 4. The summed E-state index contributed by atoms with van der Waals surface area (Å²) in [5, 5.41) is 10.3. The number of aromatic nitrogens is 3. The molecule has 0 aliphatic heterocycles. The number of hydrogen-bond donors (Lipinski definition) is 2. The van der Waals surface area contributed by atoms with Crippen molar-refractivity contribution in [2.45, 2.75) is 19.7 Å². The molecule has 2 aromatic carbocycles. The first-order valence-electron chi connectivity index (χ1n) is 15.1. The molecule has 2 N–H and O–H groups in total. The summed E-state index contributed by atoms with van der Waals surface area (Å²) in [7, 11) is 0. The highest BCUT2D eigenvalue weighted by molar-refractivity contribution is 6.04. The van der Waals surface area contributed by atoms with Crippen LogP contribution in [0.25, 0.3) is 5.65 Å². The first-order chi connectivity index (χ1) is 20.2. The second-order valence-corrected chi connectivity index (χ2v) is 6.98. The lowest BCUT2D eigenvalue weighted by Crippen LogP contribution is -2.19. The standard InChI is InChI=1S/C25H25N5O3/c1-16-4-8-18(9-5-16)25(33)27-19-10-6-17(7-11-19)14-21-28-24(29(2)3)20(15-22(31)32)23-26-12-13-30(21)23/h4-13H,14-15H2,1-3H3,(H,27,33)(H,31,32)/i2D3,3D3,14D2,15D2/hD. The molecule has 33 heavy (non-hydrogen) atoms.